The van der Waals surface area contributed by atoms with Crippen LogP contribution in [0.5, 0.6) is 0 Å². The van der Waals surface area contributed by atoms with Gasteiger partial charge in [0.2, 0.25) is 5.91 Å². The number of carbonyl (C=O) groups is 2. The highest BCUT2D eigenvalue weighted by atomic mass is 16.5. The van der Waals surface area contributed by atoms with E-state index in [1.54, 1.807) is 13.0 Å². The Bertz CT molecular complexity index is 533. The first-order valence-corrected chi connectivity index (χ1v) is 6.72. The minimum Gasteiger partial charge on any atom is -0.478 e. The van der Waals surface area contributed by atoms with Crippen LogP contribution in [0.4, 0.5) is 5.69 Å². The van der Waals surface area contributed by atoms with Crippen molar-refractivity contribution < 1.29 is 19.4 Å². The first-order valence-electron chi connectivity index (χ1n) is 6.72. The molecule has 20 heavy (non-hydrogen) atoms. The van der Waals surface area contributed by atoms with Crippen molar-refractivity contribution in [3.63, 3.8) is 0 Å². The number of nitrogens with one attached hydrogen (secondary N) is 1. The summed E-state index contributed by atoms with van der Waals surface area (Å²) in [4.78, 5) is 23.5. The van der Waals surface area contributed by atoms with Crippen molar-refractivity contribution in [1.82, 2.24) is 0 Å². The molecule has 1 atom stereocenters. The molecule has 1 aliphatic heterocycles. The fourth-order valence-electron chi connectivity index (χ4n) is 2.47. The number of amides is 1. The van der Waals surface area contributed by atoms with Crippen LogP contribution in [0.2, 0.25) is 0 Å². The molecule has 5 nitrogen and oxygen atoms in total. The summed E-state index contributed by atoms with van der Waals surface area (Å²) in [5.74, 6) is -1.41. The van der Waals surface area contributed by atoms with E-state index in [9.17, 15) is 14.7 Å². The van der Waals surface area contributed by atoms with Crippen LogP contribution in [0.3, 0.4) is 0 Å². The van der Waals surface area contributed by atoms with E-state index in [1.807, 2.05) is 13.0 Å². The predicted octanol–water partition coefficient (Wildman–Crippen LogP) is 2.37. The Hall–Kier alpha value is -1.88. The fourth-order valence-corrected chi connectivity index (χ4v) is 2.47. The summed E-state index contributed by atoms with van der Waals surface area (Å²) in [5, 5.41) is 12.0. The third-order valence-corrected chi connectivity index (χ3v) is 3.49. The number of benzene rings is 1. The first kappa shape index (κ1) is 14.5. The molecule has 108 valence electrons. The third kappa shape index (κ3) is 3.17. The number of carboxylic acid groups (broad SMARTS) is 1. The van der Waals surface area contributed by atoms with Gasteiger partial charge in [-0.25, -0.2) is 4.79 Å². The normalized spacial score (nSPS) is 18.6. The molecule has 1 aliphatic rings. The molecule has 1 saturated heterocycles. The van der Waals surface area contributed by atoms with E-state index in [0.29, 0.717) is 18.9 Å². The number of aryl methyl sites for hydroxylation is 2. The molecule has 0 aromatic heterocycles. The molecular formula is C15H19NO4. The van der Waals surface area contributed by atoms with E-state index in [2.05, 4.69) is 5.32 Å². The fraction of sp³-hybridized carbons (Fsp3) is 0.467. The van der Waals surface area contributed by atoms with Crippen molar-refractivity contribution in [2.75, 3.05) is 18.5 Å². The summed E-state index contributed by atoms with van der Waals surface area (Å²) in [6.07, 6.45) is 1.63. The van der Waals surface area contributed by atoms with Gasteiger partial charge in [-0.05, 0) is 43.9 Å². The molecule has 0 radical (unpaired) electrons. The largest absolute Gasteiger partial charge is 0.478 e. The van der Waals surface area contributed by atoms with Crippen molar-refractivity contribution in [2.24, 2.45) is 5.92 Å². The van der Waals surface area contributed by atoms with Gasteiger partial charge in [0.15, 0.2) is 0 Å². The lowest BCUT2D eigenvalue weighted by molar-refractivity contribution is -0.123. The van der Waals surface area contributed by atoms with Gasteiger partial charge >= 0.3 is 5.97 Å². The van der Waals surface area contributed by atoms with Crippen LogP contribution >= 0.6 is 0 Å². The lowest BCUT2D eigenvalue weighted by atomic mass is 9.99. The highest BCUT2D eigenvalue weighted by molar-refractivity contribution is 6.02. The van der Waals surface area contributed by atoms with Crippen LogP contribution in [-0.4, -0.2) is 30.2 Å². The second-order valence-electron chi connectivity index (χ2n) is 5.21. The molecule has 1 heterocycles. The Balaban J connectivity index is 2.23. The maximum Gasteiger partial charge on any atom is 0.337 e. The summed E-state index contributed by atoms with van der Waals surface area (Å²) < 4.78 is 5.29. The van der Waals surface area contributed by atoms with E-state index >= 15 is 0 Å². The molecule has 1 fully saturated rings. The van der Waals surface area contributed by atoms with E-state index in [1.165, 1.54) is 0 Å². The van der Waals surface area contributed by atoms with Crippen LogP contribution in [-0.2, 0) is 9.53 Å². The average Bonchev–Trinajstić information content (AvgIpc) is 2.42. The van der Waals surface area contributed by atoms with Crippen LogP contribution in [0.25, 0.3) is 0 Å². The van der Waals surface area contributed by atoms with Gasteiger partial charge in [-0.15, -0.1) is 0 Å². The highest BCUT2D eigenvalue weighted by Gasteiger charge is 2.24. The molecule has 0 saturated carbocycles. The lowest BCUT2D eigenvalue weighted by Gasteiger charge is -2.22. The smallest absolute Gasteiger partial charge is 0.337 e. The Morgan fingerprint density at radius 3 is 2.70 bits per heavy atom. The molecule has 1 aromatic carbocycles. The zero-order valence-corrected chi connectivity index (χ0v) is 11.7. The maximum atomic E-state index is 12.2. The van der Waals surface area contributed by atoms with Crippen LogP contribution in [0.1, 0.15) is 34.3 Å². The van der Waals surface area contributed by atoms with Crippen LogP contribution in [0, 0.1) is 19.8 Å². The molecule has 5 heteroatoms. The summed E-state index contributed by atoms with van der Waals surface area (Å²) in [6.45, 7) is 4.72. The standard InChI is InChI=1S/C15H19NO4/c1-9-6-10(2)13(12(7-9)15(18)19)16-14(17)11-4-3-5-20-8-11/h6-7,11H,3-5,8H2,1-2H3,(H,16,17)(H,18,19). The van der Waals surface area contributed by atoms with E-state index in [0.717, 1.165) is 24.0 Å². The SMILES string of the molecule is Cc1cc(C)c(NC(=O)C2CCCOC2)c(C(=O)O)c1. The zero-order chi connectivity index (χ0) is 14.7. The lowest BCUT2D eigenvalue weighted by Crippen LogP contribution is -2.31. The quantitative estimate of drug-likeness (QED) is 0.889. The Labute approximate surface area is 117 Å². The molecule has 1 unspecified atom stereocenters. The van der Waals surface area contributed by atoms with Crippen molar-refractivity contribution >= 4 is 17.6 Å². The molecule has 0 spiro atoms. The number of anilines is 1. The topological polar surface area (TPSA) is 75.6 Å². The second kappa shape index (κ2) is 6.05. The van der Waals surface area contributed by atoms with Gasteiger partial charge in [0.25, 0.3) is 0 Å². The Kier molecular flexibility index (Phi) is 4.39. The Morgan fingerprint density at radius 1 is 1.35 bits per heavy atom. The number of hydrogen-bond donors (Lipinski definition) is 2. The number of rotatable bonds is 3. The maximum absolute atomic E-state index is 12.2. The monoisotopic (exact) mass is 277 g/mol. The molecule has 1 aromatic rings. The Morgan fingerprint density at radius 2 is 2.10 bits per heavy atom. The number of carboxylic acids is 1. The molecule has 0 aliphatic carbocycles. The van der Waals surface area contributed by atoms with Gasteiger partial charge in [-0.2, -0.15) is 0 Å². The van der Waals surface area contributed by atoms with E-state index in [-0.39, 0.29) is 17.4 Å². The summed E-state index contributed by atoms with van der Waals surface area (Å²) in [7, 11) is 0. The van der Waals surface area contributed by atoms with Gasteiger partial charge in [0, 0.05) is 6.61 Å². The number of ether oxygens (including phenoxy) is 1. The van der Waals surface area contributed by atoms with Crippen LogP contribution in [0.15, 0.2) is 12.1 Å². The van der Waals surface area contributed by atoms with Gasteiger partial charge in [-0.3, -0.25) is 4.79 Å². The van der Waals surface area contributed by atoms with Gasteiger partial charge in [0.1, 0.15) is 0 Å². The third-order valence-electron chi connectivity index (χ3n) is 3.49. The summed E-state index contributed by atoms with van der Waals surface area (Å²) in [5.41, 5.74) is 2.14. The average molecular weight is 277 g/mol. The first-order chi connectivity index (χ1) is 9.49. The predicted molar refractivity (Wildman–Crippen MR) is 75.0 cm³/mol. The minimum atomic E-state index is -1.04. The molecule has 0 bridgehead atoms. The van der Waals surface area contributed by atoms with Gasteiger partial charge in [0.05, 0.1) is 23.8 Å². The summed E-state index contributed by atoms with van der Waals surface area (Å²) >= 11 is 0. The number of hydrogen-bond acceptors (Lipinski definition) is 3. The molecule has 2 N–H and O–H groups in total. The van der Waals surface area contributed by atoms with Crippen molar-refractivity contribution in [1.29, 1.82) is 0 Å². The minimum absolute atomic E-state index is 0.132. The van der Waals surface area contributed by atoms with Gasteiger partial charge in [-0.1, -0.05) is 6.07 Å². The van der Waals surface area contributed by atoms with Crippen molar-refractivity contribution in [3.05, 3.63) is 28.8 Å². The van der Waals surface area contributed by atoms with Gasteiger partial charge < -0.3 is 15.2 Å². The van der Waals surface area contributed by atoms with E-state index < -0.39 is 5.97 Å². The molecular weight excluding hydrogens is 258 g/mol. The van der Waals surface area contributed by atoms with Crippen molar-refractivity contribution in [3.8, 4) is 0 Å². The molecule has 2 rings (SSSR count). The van der Waals surface area contributed by atoms with Crippen molar-refractivity contribution in [2.45, 2.75) is 26.7 Å². The number of aromatic carboxylic acids is 1. The van der Waals surface area contributed by atoms with E-state index in [4.69, 9.17) is 4.74 Å². The molecule has 1 amide bonds. The highest BCUT2D eigenvalue weighted by Crippen LogP contribution is 2.25. The zero-order valence-electron chi connectivity index (χ0n) is 11.7. The second-order valence-corrected chi connectivity index (χ2v) is 5.21. The number of carbonyl (C=O) groups excluding carboxylic acids is 1. The summed E-state index contributed by atoms with van der Waals surface area (Å²) in [6, 6.07) is 3.43. The van der Waals surface area contributed by atoms with Crippen LogP contribution < -0.4 is 5.32 Å².